The summed E-state index contributed by atoms with van der Waals surface area (Å²) >= 11 is 3.36. The second-order valence-corrected chi connectivity index (χ2v) is 9.51. The van der Waals surface area contributed by atoms with Crippen molar-refractivity contribution < 1.29 is 19.1 Å². The molecule has 2 aromatic rings. The summed E-state index contributed by atoms with van der Waals surface area (Å²) in [6.07, 6.45) is 9.54. The van der Waals surface area contributed by atoms with Gasteiger partial charge in [-0.3, -0.25) is 9.59 Å². The molecule has 0 aromatic heterocycles. The molecule has 2 aromatic carbocycles. The van der Waals surface area contributed by atoms with Crippen LogP contribution in [0.5, 0.6) is 0 Å². The number of fused-ring (bicyclic) bond motifs is 1. The lowest BCUT2D eigenvalue weighted by Gasteiger charge is -2.17. The fraction of sp³-hybridized carbons (Fsp3) is 0.444. The first-order valence-corrected chi connectivity index (χ1v) is 12.9. The van der Waals surface area contributed by atoms with Crippen LogP contribution in [0, 0.1) is 0 Å². The predicted molar refractivity (Wildman–Crippen MR) is 138 cm³/mol. The van der Waals surface area contributed by atoms with Crippen molar-refractivity contribution in [1.82, 2.24) is 0 Å². The van der Waals surface area contributed by atoms with Crippen molar-refractivity contribution in [1.29, 1.82) is 0 Å². The summed E-state index contributed by atoms with van der Waals surface area (Å²) < 4.78 is 6.47. The molecule has 0 fully saturated rings. The van der Waals surface area contributed by atoms with E-state index in [0.717, 1.165) is 22.2 Å². The highest BCUT2D eigenvalue weighted by molar-refractivity contribution is 9.10. The number of benzene rings is 2. The zero-order chi connectivity index (χ0) is 24.3. The zero-order valence-corrected chi connectivity index (χ0v) is 21.3. The summed E-state index contributed by atoms with van der Waals surface area (Å²) in [6, 6.07) is 13.4. The van der Waals surface area contributed by atoms with Gasteiger partial charge < -0.3 is 10.1 Å². The monoisotopic (exact) mass is 528 g/mol. The number of nitrogens with zero attached hydrogens (tertiary/aromatic N) is 1. The van der Waals surface area contributed by atoms with Crippen LogP contribution in [0.4, 0.5) is 16.2 Å². The van der Waals surface area contributed by atoms with Crippen LogP contribution in [0.1, 0.15) is 69.8 Å². The van der Waals surface area contributed by atoms with Gasteiger partial charge in [0.25, 0.3) is 0 Å². The number of carbonyl (C=O) groups is 3. The van der Waals surface area contributed by atoms with Crippen molar-refractivity contribution in [3.05, 3.63) is 58.6 Å². The molecule has 0 aliphatic carbocycles. The van der Waals surface area contributed by atoms with Gasteiger partial charge in [0.05, 0.1) is 5.69 Å². The number of imide groups is 1. The molecule has 6 nitrogen and oxygen atoms in total. The van der Waals surface area contributed by atoms with Crippen molar-refractivity contribution in [3.8, 4) is 0 Å². The Labute approximate surface area is 210 Å². The smallest absolute Gasteiger partial charge is 0.333 e. The summed E-state index contributed by atoms with van der Waals surface area (Å²) in [7, 11) is 0. The Kier molecular flexibility index (Phi) is 10.3. The van der Waals surface area contributed by atoms with E-state index in [2.05, 4.69) is 28.2 Å². The number of unbranched alkanes of at least 4 members (excludes halogenated alkanes) is 7. The molecule has 1 atom stereocenters. The Hall–Kier alpha value is -2.51. The molecule has 1 unspecified atom stereocenters. The Balaban J connectivity index is 1.51. The predicted octanol–water partition coefficient (Wildman–Crippen LogP) is 6.84. The number of urea groups is 1. The number of para-hydroxylation sites is 1. The molecule has 0 spiro atoms. The van der Waals surface area contributed by atoms with Gasteiger partial charge in [0.1, 0.15) is 12.5 Å². The van der Waals surface area contributed by atoms with Crippen LogP contribution in [0.2, 0.25) is 0 Å². The number of carbonyl (C=O) groups excluding carboxylic acids is 3. The summed E-state index contributed by atoms with van der Waals surface area (Å²) in [5, 5.41) is 2.73. The number of Topliss-reactive ketones (excluding diaryl/α,β-unsaturated/α-hetero) is 1. The van der Waals surface area contributed by atoms with Crippen molar-refractivity contribution in [2.45, 2.75) is 64.2 Å². The summed E-state index contributed by atoms with van der Waals surface area (Å²) in [5.74, 6) is -1.89. The molecule has 1 N–H and O–H groups in total. The molecular formula is C27H33BrN2O4. The number of rotatable bonds is 13. The van der Waals surface area contributed by atoms with Crippen LogP contribution in [0.25, 0.3) is 0 Å². The summed E-state index contributed by atoms with van der Waals surface area (Å²) in [4.78, 5) is 40.0. The van der Waals surface area contributed by atoms with E-state index in [4.69, 9.17) is 4.74 Å². The molecule has 3 rings (SSSR count). The largest absolute Gasteiger partial charge is 0.374 e. The van der Waals surface area contributed by atoms with E-state index in [1.54, 1.807) is 48.5 Å². The van der Waals surface area contributed by atoms with E-state index in [-0.39, 0.29) is 12.4 Å². The quantitative estimate of drug-likeness (QED) is 0.228. The standard InChI is InChI=1S/C27H33BrN2O4/c1-2-3-4-5-6-7-8-11-18-34-19-24(31)25-22-12-9-10-13-23(22)30(26(25)32)27(33)29-21-16-14-20(28)15-17-21/h9-10,12-17,25H,2-8,11,18-19H2,1H3,(H,29,33). The lowest BCUT2D eigenvalue weighted by molar-refractivity contribution is -0.130. The van der Waals surface area contributed by atoms with Crippen LogP contribution in [0.15, 0.2) is 53.0 Å². The van der Waals surface area contributed by atoms with E-state index in [0.29, 0.717) is 23.5 Å². The highest BCUT2D eigenvalue weighted by atomic mass is 79.9. The number of ether oxygens (including phenoxy) is 1. The van der Waals surface area contributed by atoms with Crippen LogP contribution >= 0.6 is 15.9 Å². The summed E-state index contributed by atoms with van der Waals surface area (Å²) in [5.41, 5.74) is 1.53. The van der Waals surface area contributed by atoms with E-state index in [1.807, 2.05) is 0 Å². The maximum Gasteiger partial charge on any atom is 0.333 e. The first-order chi connectivity index (χ1) is 16.5. The van der Waals surface area contributed by atoms with Gasteiger partial charge >= 0.3 is 6.03 Å². The molecule has 1 aliphatic heterocycles. The van der Waals surface area contributed by atoms with Crippen molar-refractivity contribution in [3.63, 3.8) is 0 Å². The maximum atomic E-state index is 13.2. The van der Waals surface area contributed by atoms with Gasteiger partial charge in [-0.15, -0.1) is 0 Å². The number of anilines is 2. The van der Waals surface area contributed by atoms with Crippen molar-refractivity contribution in [2.75, 3.05) is 23.4 Å². The van der Waals surface area contributed by atoms with Crippen LogP contribution in [0.3, 0.4) is 0 Å². The molecule has 34 heavy (non-hydrogen) atoms. The molecule has 7 heteroatoms. The van der Waals surface area contributed by atoms with Crippen LogP contribution in [-0.2, 0) is 14.3 Å². The molecule has 0 bridgehead atoms. The van der Waals surface area contributed by atoms with Gasteiger partial charge in [0.2, 0.25) is 5.91 Å². The number of hydrogen-bond donors (Lipinski definition) is 1. The topological polar surface area (TPSA) is 75.7 Å². The summed E-state index contributed by atoms with van der Waals surface area (Å²) in [6.45, 7) is 2.58. The highest BCUT2D eigenvalue weighted by Gasteiger charge is 2.44. The molecule has 182 valence electrons. The van der Waals surface area contributed by atoms with Crippen LogP contribution < -0.4 is 10.2 Å². The minimum Gasteiger partial charge on any atom is -0.374 e. The third-order valence-corrected chi connectivity index (χ3v) is 6.49. The molecule has 3 amide bonds. The molecule has 1 aliphatic rings. The van der Waals surface area contributed by atoms with Gasteiger partial charge in [-0.1, -0.05) is 86.0 Å². The third-order valence-electron chi connectivity index (χ3n) is 5.96. The van der Waals surface area contributed by atoms with E-state index in [9.17, 15) is 14.4 Å². The van der Waals surface area contributed by atoms with E-state index in [1.165, 1.54) is 38.5 Å². The van der Waals surface area contributed by atoms with Gasteiger partial charge in [0.15, 0.2) is 5.78 Å². The molecule has 0 radical (unpaired) electrons. The first kappa shape index (κ1) is 26.1. The molecule has 0 saturated heterocycles. The van der Waals surface area contributed by atoms with Crippen molar-refractivity contribution in [2.24, 2.45) is 0 Å². The second kappa shape index (κ2) is 13.4. The Morgan fingerprint density at radius 2 is 1.59 bits per heavy atom. The number of amides is 3. The van der Waals surface area contributed by atoms with Gasteiger partial charge in [-0.05, 0) is 42.3 Å². The Bertz CT molecular complexity index is 977. The third kappa shape index (κ3) is 7.00. The SMILES string of the molecule is CCCCCCCCCCOCC(=O)C1C(=O)N(C(=O)Nc2ccc(Br)cc2)c2ccccc21. The van der Waals surface area contributed by atoms with Gasteiger partial charge in [-0.2, -0.15) is 0 Å². The van der Waals surface area contributed by atoms with E-state index >= 15 is 0 Å². The average molecular weight is 529 g/mol. The van der Waals surface area contributed by atoms with Crippen molar-refractivity contribution >= 4 is 45.0 Å². The normalized spacial score (nSPS) is 14.8. The molecule has 1 heterocycles. The second-order valence-electron chi connectivity index (χ2n) is 8.60. The number of halogens is 1. The van der Waals surface area contributed by atoms with E-state index < -0.39 is 17.9 Å². The first-order valence-electron chi connectivity index (χ1n) is 12.1. The number of ketones is 1. The van der Waals surface area contributed by atoms with Gasteiger partial charge in [0, 0.05) is 16.8 Å². The minimum atomic E-state index is -1.02. The zero-order valence-electron chi connectivity index (χ0n) is 19.7. The Morgan fingerprint density at radius 1 is 0.941 bits per heavy atom. The Morgan fingerprint density at radius 3 is 2.29 bits per heavy atom. The number of hydrogen-bond acceptors (Lipinski definition) is 4. The van der Waals surface area contributed by atoms with Crippen LogP contribution in [-0.4, -0.2) is 30.9 Å². The minimum absolute atomic E-state index is 0.136. The fourth-order valence-electron chi connectivity index (χ4n) is 4.14. The fourth-order valence-corrected chi connectivity index (χ4v) is 4.41. The highest BCUT2D eigenvalue weighted by Crippen LogP contribution is 2.38. The molecular weight excluding hydrogens is 496 g/mol. The lowest BCUT2D eigenvalue weighted by Crippen LogP contribution is -2.40. The number of nitrogens with one attached hydrogen (secondary N) is 1. The average Bonchev–Trinajstić information content (AvgIpc) is 3.13. The van der Waals surface area contributed by atoms with Gasteiger partial charge in [-0.25, -0.2) is 9.69 Å². The maximum absolute atomic E-state index is 13.2. The molecule has 0 saturated carbocycles. The lowest BCUT2D eigenvalue weighted by atomic mass is 9.96.